The fraction of sp³-hybridized carbons (Fsp3) is 0.545. The third kappa shape index (κ3) is 2.89. The Balaban J connectivity index is 2.14. The van der Waals surface area contributed by atoms with Crippen LogP contribution in [0.4, 0.5) is 0 Å². The number of aliphatic hydroxyl groups excluding tert-OH is 2. The molecule has 1 aromatic rings. The lowest BCUT2D eigenvalue weighted by Gasteiger charge is -2.16. The quantitative estimate of drug-likeness (QED) is 0.798. The predicted octanol–water partition coefficient (Wildman–Crippen LogP) is 1.23. The second kappa shape index (κ2) is 5.08. The Morgan fingerprint density at radius 1 is 1.35 bits per heavy atom. The van der Waals surface area contributed by atoms with Crippen LogP contribution in [-0.4, -0.2) is 45.4 Å². The van der Waals surface area contributed by atoms with Gasteiger partial charge in [0.1, 0.15) is 5.15 Å². The number of nitrogens with zero attached hydrogens (tertiary/aromatic N) is 2. The molecule has 0 bridgehead atoms. The van der Waals surface area contributed by atoms with Gasteiger partial charge in [-0.3, -0.25) is 4.90 Å². The summed E-state index contributed by atoms with van der Waals surface area (Å²) < 4.78 is 0. The summed E-state index contributed by atoms with van der Waals surface area (Å²) in [7, 11) is 0. The molecule has 6 heteroatoms. The maximum atomic E-state index is 9.46. The van der Waals surface area contributed by atoms with E-state index in [0.29, 0.717) is 29.8 Å². The van der Waals surface area contributed by atoms with E-state index < -0.39 is 12.2 Å². The van der Waals surface area contributed by atoms with Crippen LogP contribution in [0.2, 0.25) is 10.2 Å². The van der Waals surface area contributed by atoms with E-state index in [-0.39, 0.29) is 0 Å². The summed E-state index contributed by atoms with van der Waals surface area (Å²) in [6, 6.07) is 1.76. The first-order valence-electron chi connectivity index (χ1n) is 5.37. The molecule has 2 rings (SSSR count). The van der Waals surface area contributed by atoms with Crippen molar-refractivity contribution in [2.45, 2.75) is 25.7 Å². The van der Waals surface area contributed by atoms with E-state index in [4.69, 9.17) is 23.2 Å². The molecule has 0 saturated carbocycles. The molecular weight excluding hydrogens is 263 g/mol. The number of rotatable bonds is 2. The van der Waals surface area contributed by atoms with E-state index in [1.165, 1.54) is 0 Å². The Kier molecular flexibility index (Phi) is 3.90. The Morgan fingerprint density at radius 3 is 2.47 bits per heavy atom. The highest BCUT2D eigenvalue weighted by molar-refractivity contribution is 6.35. The van der Waals surface area contributed by atoms with Crippen LogP contribution in [0.25, 0.3) is 0 Å². The van der Waals surface area contributed by atoms with Gasteiger partial charge in [-0.25, -0.2) is 4.98 Å². The van der Waals surface area contributed by atoms with Crippen LogP contribution in [0.15, 0.2) is 6.07 Å². The van der Waals surface area contributed by atoms with Crippen molar-refractivity contribution in [3.05, 3.63) is 27.5 Å². The highest BCUT2D eigenvalue weighted by Crippen LogP contribution is 2.26. The minimum atomic E-state index is -0.703. The third-order valence-corrected chi connectivity index (χ3v) is 3.51. The lowest BCUT2D eigenvalue weighted by molar-refractivity contribution is 0.0572. The maximum absolute atomic E-state index is 9.46. The van der Waals surface area contributed by atoms with Gasteiger partial charge in [0.15, 0.2) is 0 Å². The molecule has 17 heavy (non-hydrogen) atoms. The number of halogens is 2. The molecule has 94 valence electrons. The lowest BCUT2D eigenvalue weighted by Crippen LogP contribution is -2.22. The smallest absolute Gasteiger partial charge is 0.135 e. The van der Waals surface area contributed by atoms with E-state index >= 15 is 0 Å². The van der Waals surface area contributed by atoms with Crippen molar-refractivity contribution in [2.75, 3.05) is 13.1 Å². The van der Waals surface area contributed by atoms with Crippen LogP contribution in [0.5, 0.6) is 0 Å². The standard InChI is InChI=1S/C11H14Cl2N2O2/c1-6-2-8(12)7(11(13)14-6)3-15-4-9(16)10(17)5-15/h2,9-10,16-17H,3-5H2,1H3/t9-,10+. The van der Waals surface area contributed by atoms with E-state index in [9.17, 15) is 10.2 Å². The minimum absolute atomic E-state index is 0.380. The van der Waals surface area contributed by atoms with Gasteiger partial charge in [0, 0.05) is 35.9 Å². The van der Waals surface area contributed by atoms with Gasteiger partial charge in [0.25, 0.3) is 0 Å². The van der Waals surface area contributed by atoms with Crippen LogP contribution < -0.4 is 0 Å². The molecule has 0 spiro atoms. The van der Waals surface area contributed by atoms with Crippen LogP contribution in [0.1, 0.15) is 11.3 Å². The molecule has 0 radical (unpaired) electrons. The summed E-state index contributed by atoms with van der Waals surface area (Å²) in [4.78, 5) is 6.05. The molecule has 1 aliphatic rings. The number of hydrogen-bond donors (Lipinski definition) is 2. The normalized spacial score (nSPS) is 25.5. The van der Waals surface area contributed by atoms with E-state index in [0.717, 1.165) is 11.3 Å². The molecule has 0 amide bonds. The first-order valence-corrected chi connectivity index (χ1v) is 6.13. The third-order valence-electron chi connectivity index (χ3n) is 2.86. The van der Waals surface area contributed by atoms with E-state index in [1.54, 1.807) is 6.07 Å². The molecule has 4 nitrogen and oxygen atoms in total. The van der Waals surface area contributed by atoms with Gasteiger partial charge in [0.05, 0.1) is 12.2 Å². The van der Waals surface area contributed by atoms with Crippen molar-refractivity contribution >= 4 is 23.2 Å². The highest BCUT2D eigenvalue weighted by Gasteiger charge is 2.30. The minimum Gasteiger partial charge on any atom is -0.389 e. The Hall–Kier alpha value is -0.390. The Morgan fingerprint density at radius 2 is 1.94 bits per heavy atom. The van der Waals surface area contributed by atoms with Crippen molar-refractivity contribution in [1.29, 1.82) is 0 Å². The summed E-state index contributed by atoms with van der Waals surface area (Å²) in [5.41, 5.74) is 1.51. The number of likely N-dealkylation sites (tertiary alicyclic amines) is 1. The summed E-state index contributed by atoms with van der Waals surface area (Å²) in [5.74, 6) is 0. The summed E-state index contributed by atoms with van der Waals surface area (Å²) in [6.45, 7) is 3.15. The van der Waals surface area contributed by atoms with Crippen molar-refractivity contribution in [2.24, 2.45) is 0 Å². The second-order valence-corrected chi connectivity index (χ2v) is 5.11. The first-order chi connectivity index (χ1) is 7.97. The summed E-state index contributed by atoms with van der Waals surface area (Å²) >= 11 is 12.1. The number of aliphatic hydroxyl groups is 2. The van der Waals surface area contributed by atoms with Gasteiger partial charge < -0.3 is 10.2 Å². The van der Waals surface area contributed by atoms with Gasteiger partial charge in [-0.15, -0.1) is 0 Å². The van der Waals surface area contributed by atoms with Crippen molar-refractivity contribution in [3.8, 4) is 0 Å². The zero-order chi connectivity index (χ0) is 12.6. The molecule has 1 aromatic heterocycles. The molecular formula is C11H14Cl2N2O2. The fourth-order valence-corrected chi connectivity index (χ4v) is 2.61. The van der Waals surface area contributed by atoms with E-state index in [2.05, 4.69) is 4.98 Å². The van der Waals surface area contributed by atoms with Crippen molar-refractivity contribution in [1.82, 2.24) is 9.88 Å². The number of β-amino-alcohol motifs (C(OH)–C–C–N with tert-alkyl or cyclic N) is 2. The second-order valence-electron chi connectivity index (χ2n) is 4.34. The summed E-state index contributed by atoms with van der Waals surface area (Å²) in [5, 5.41) is 19.9. The molecule has 0 aliphatic carbocycles. The van der Waals surface area contributed by atoms with Crippen LogP contribution in [0.3, 0.4) is 0 Å². The topological polar surface area (TPSA) is 56.6 Å². The zero-order valence-electron chi connectivity index (χ0n) is 9.40. The molecule has 2 atom stereocenters. The Labute approximate surface area is 110 Å². The SMILES string of the molecule is Cc1cc(Cl)c(CN2C[C@@H](O)[C@@H](O)C2)c(Cl)n1. The number of pyridine rings is 1. The van der Waals surface area contributed by atoms with Gasteiger partial charge in [-0.2, -0.15) is 0 Å². The van der Waals surface area contributed by atoms with Crippen LogP contribution in [-0.2, 0) is 6.54 Å². The van der Waals surface area contributed by atoms with Crippen LogP contribution in [0, 0.1) is 6.92 Å². The summed E-state index contributed by atoms with van der Waals surface area (Å²) in [6.07, 6.45) is -1.41. The highest BCUT2D eigenvalue weighted by atomic mass is 35.5. The van der Waals surface area contributed by atoms with Gasteiger partial charge >= 0.3 is 0 Å². The van der Waals surface area contributed by atoms with Gasteiger partial charge in [-0.05, 0) is 13.0 Å². The van der Waals surface area contributed by atoms with E-state index in [1.807, 2.05) is 11.8 Å². The van der Waals surface area contributed by atoms with Gasteiger partial charge in [0.2, 0.25) is 0 Å². The number of aromatic nitrogens is 1. The molecule has 1 aliphatic heterocycles. The molecule has 2 N–H and O–H groups in total. The average Bonchev–Trinajstić information content (AvgIpc) is 2.52. The first kappa shape index (κ1) is 13.1. The van der Waals surface area contributed by atoms with Gasteiger partial charge in [-0.1, -0.05) is 23.2 Å². The molecule has 1 fully saturated rings. The molecule has 0 aromatic carbocycles. The Bertz CT molecular complexity index is 395. The lowest BCUT2D eigenvalue weighted by atomic mass is 10.2. The zero-order valence-corrected chi connectivity index (χ0v) is 10.9. The molecule has 1 saturated heterocycles. The number of hydrogen-bond acceptors (Lipinski definition) is 4. The molecule has 0 unspecified atom stereocenters. The average molecular weight is 277 g/mol. The predicted molar refractivity (Wildman–Crippen MR) is 66.3 cm³/mol. The van der Waals surface area contributed by atoms with Crippen molar-refractivity contribution in [3.63, 3.8) is 0 Å². The van der Waals surface area contributed by atoms with Crippen LogP contribution >= 0.6 is 23.2 Å². The maximum Gasteiger partial charge on any atom is 0.135 e. The monoisotopic (exact) mass is 276 g/mol. The largest absolute Gasteiger partial charge is 0.389 e. The fourth-order valence-electron chi connectivity index (χ4n) is 1.96. The van der Waals surface area contributed by atoms with Crippen molar-refractivity contribution < 1.29 is 10.2 Å². The number of aryl methyl sites for hydroxylation is 1. The molecule has 2 heterocycles.